The fourth-order valence-electron chi connectivity index (χ4n) is 0.850. The van der Waals surface area contributed by atoms with Crippen molar-refractivity contribution in [3.63, 3.8) is 0 Å². The molecule has 0 bridgehead atoms. The van der Waals surface area contributed by atoms with E-state index < -0.39 is 0 Å². The van der Waals surface area contributed by atoms with E-state index >= 15 is 0 Å². The second-order valence-corrected chi connectivity index (χ2v) is 3.83. The average Bonchev–Trinajstić information content (AvgIpc) is 1.98. The first kappa shape index (κ1) is 6.43. The van der Waals surface area contributed by atoms with Crippen LogP contribution >= 0.6 is 11.8 Å². The van der Waals surface area contributed by atoms with Gasteiger partial charge < -0.3 is 0 Å². The molecule has 1 fully saturated rings. The molecule has 0 amide bonds. The van der Waals surface area contributed by atoms with Gasteiger partial charge in [0.2, 0.25) is 0 Å². The Morgan fingerprint density at radius 3 is 2.25 bits per heavy atom. The highest BCUT2D eigenvalue weighted by atomic mass is 32.2. The molecule has 1 rings (SSSR count). The Labute approximate surface area is 55.4 Å². The molecule has 0 aliphatic carbocycles. The summed E-state index contributed by atoms with van der Waals surface area (Å²) >= 11 is 2.04. The molecule has 0 aromatic rings. The van der Waals surface area contributed by atoms with Gasteiger partial charge in [-0.05, 0) is 14.0 Å². The van der Waals surface area contributed by atoms with Gasteiger partial charge in [-0.15, -0.1) is 11.8 Å². The van der Waals surface area contributed by atoms with Crippen molar-refractivity contribution < 1.29 is 0 Å². The minimum absolute atomic E-state index is 0.778. The number of thioether (sulfide) groups is 1. The van der Waals surface area contributed by atoms with E-state index in [0.717, 1.165) is 11.3 Å². The normalized spacial score (nSPS) is 40.9. The van der Waals surface area contributed by atoms with E-state index in [-0.39, 0.29) is 0 Å². The van der Waals surface area contributed by atoms with Crippen molar-refractivity contribution in [3.8, 4) is 0 Å². The Kier molecular flexibility index (Phi) is 1.83. The standard InChI is InChI=1S/C6H13NS/c1-5-6(2)8-4-7(5)3/h5-6H,4H2,1-3H3/t5-,6+/m1/s1. The van der Waals surface area contributed by atoms with E-state index in [4.69, 9.17) is 0 Å². The Morgan fingerprint density at radius 2 is 2.12 bits per heavy atom. The van der Waals surface area contributed by atoms with Crippen molar-refractivity contribution in [3.05, 3.63) is 0 Å². The maximum Gasteiger partial charge on any atom is 0.0447 e. The number of hydrogen-bond donors (Lipinski definition) is 0. The summed E-state index contributed by atoms with van der Waals surface area (Å²) in [6, 6.07) is 0.778. The van der Waals surface area contributed by atoms with Crippen LogP contribution in [0.2, 0.25) is 0 Å². The van der Waals surface area contributed by atoms with Gasteiger partial charge in [-0.3, -0.25) is 4.90 Å². The van der Waals surface area contributed by atoms with Crippen molar-refractivity contribution in [1.29, 1.82) is 0 Å². The highest BCUT2D eigenvalue weighted by molar-refractivity contribution is 8.00. The summed E-state index contributed by atoms with van der Waals surface area (Å²) in [6.07, 6.45) is 0. The van der Waals surface area contributed by atoms with Gasteiger partial charge in [0.25, 0.3) is 0 Å². The fraction of sp³-hybridized carbons (Fsp3) is 1.00. The number of hydrogen-bond acceptors (Lipinski definition) is 2. The van der Waals surface area contributed by atoms with Crippen molar-refractivity contribution in [2.45, 2.75) is 25.1 Å². The third kappa shape index (κ3) is 1.00. The summed E-state index contributed by atoms with van der Waals surface area (Å²) in [7, 11) is 2.18. The van der Waals surface area contributed by atoms with Crippen LogP contribution in [0, 0.1) is 0 Å². The predicted molar refractivity (Wildman–Crippen MR) is 39.1 cm³/mol. The summed E-state index contributed by atoms with van der Waals surface area (Å²) < 4.78 is 0. The molecule has 1 saturated heterocycles. The van der Waals surface area contributed by atoms with Gasteiger partial charge in [-0.2, -0.15) is 0 Å². The Balaban J connectivity index is 2.44. The number of rotatable bonds is 0. The van der Waals surface area contributed by atoms with Gasteiger partial charge in [0.1, 0.15) is 0 Å². The van der Waals surface area contributed by atoms with Crippen LogP contribution in [0.15, 0.2) is 0 Å². The topological polar surface area (TPSA) is 3.24 Å². The van der Waals surface area contributed by atoms with Gasteiger partial charge in [0.05, 0.1) is 0 Å². The molecule has 0 aromatic heterocycles. The fourth-order valence-corrected chi connectivity index (χ4v) is 2.04. The highest BCUT2D eigenvalue weighted by Crippen LogP contribution is 2.26. The minimum atomic E-state index is 0.778. The van der Waals surface area contributed by atoms with Crippen LogP contribution < -0.4 is 0 Å². The summed E-state index contributed by atoms with van der Waals surface area (Å²) in [6.45, 7) is 4.57. The summed E-state index contributed by atoms with van der Waals surface area (Å²) in [4.78, 5) is 2.38. The molecule has 48 valence electrons. The molecule has 1 aliphatic rings. The van der Waals surface area contributed by atoms with Gasteiger partial charge in [-0.25, -0.2) is 0 Å². The molecule has 0 radical (unpaired) electrons. The second-order valence-electron chi connectivity index (χ2n) is 2.50. The van der Waals surface area contributed by atoms with Crippen LogP contribution in [-0.4, -0.2) is 29.1 Å². The maximum absolute atomic E-state index is 2.38. The van der Waals surface area contributed by atoms with Crippen LogP contribution in [0.25, 0.3) is 0 Å². The monoisotopic (exact) mass is 131 g/mol. The highest BCUT2D eigenvalue weighted by Gasteiger charge is 2.23. The molecule has 1 aliphatic heterocycles. The lowest BCUT2D eigenvalue weighted by molar-refractivity contribution is 0.322. The summed E-state index contributed by atoms with van der Waals surface area (Å²) in [5.74, 6) is 1.21. The van der Waals surface area contributed by atoms with Crippen LogP contribution in [0.4, 0.5) is 0 Å². The van der Waals surface area contributed by atoms with Crippen molar-refractivity contribution in [1.82, 2.24) is 4.90 Å². The first-order valence-electron chi connectivity index (χ1n) is 3.03. The molecule has 1 heterocycles. The molecule has 0 unspecified atom stereocenters. The third-order valence-electron chi connectivity index (χ3n) is 1.92. The van der Waals surface area contributed by atoms with E-state index in [1.54, 1.807) is 0 Å². The Bertz CT molecular complexity index is 74.6. The van der Waals surface area contributed by atoms with Crippen LogP contribution in [-0.2, 0) is 0 Å². The molecule has 8 heavy (non-hydrogen) atoms. The van der Waals surface area contributed by atoms with Crippen molar-refractivity contribution in [2.75, 3.05) is 12.9 Å². The van der Waals surface area contributed by atoms with Gasteiger partial charge in [0.15, 0.2) is 0 Å². The lowest BCUT2D eigenvalue weighted by Crippen LogP contribution is -2.26. The van der Waals surface area contributed by atoms with E-state index in [9.17, 15) is 0 Å². The smallest absolute Gasteiger partial charge is 0.0447 e. The van der Waals surface area contributed by atoms with Crippen molar-refractivity contribution >= 4 is 11.8 Å². The lowest BCUT2D eigenvalue weighted by Gasteiger charge is -2.14. The Hall–Kier alpha value is 0.310. The first-order valence-corrected chi connectivity index (χ1v) is 4.08. The van der Waals surface area contributed by atoms with E-state index in [0.29, 0.717) is 0 Å². The van der Waals surface area contributed by atoms with Crippen LogP contribution in [0.1, 0.15) is 13.8 Å². The molecule has 2 atom stereocenters. The maximum atomic E-state index is 2.38. The zero-order valence-electron chi connectivity index (χ0n) is 5.72. The molecule has 2 heteroatoms. The van der Waals surface area contributed by atoms with E-state index in [1.807, 2.05) is 11.8 Å². The largest absolute Gasteiger partial charge is 0.293 e. The molecular weight excluding hydrogens is 118 g/mol. The third-order valence-corrected chi connectivity index (χ3v) is 3.39. The molecule has 0 aromatic carbocycles. The minimum Gasteiger partial charge on any atom is -0.293 e. The molecule has 0 saturated carbocycles. The molecular formula is C6H13NS. The summed E-state index contributed by atoms with van der Waals surface area (Å²) in [5.41, 5.74) is 0. The van der Waals surface area contributed by atoms with Crippen molar-refractivity contribution in [2.24, 2.45) is 0 Å². The summed E-state index contributed by atoms with van der Waals surface area (Å²) in [5, 5.41) is 0.833. The number of nitrogens with zero attached hydrogens (tertiary/aromatic N) is 1. The Morgan fingerprint density at radius 1 is 1.50 bits per heavy atom. The molecule has 0 N–H and O–H groups in total. The second kappa shape index (κ2) is 2.28. The quantitative estimate of drug-likeness (QED) is 0.489. The van der Waals surface area contributed by atoms with Gasteiger partial charge in [0, 0.05) is 17.2 Å². The van der Waals surface area contributed by atoms with Crippen LogP contribution in [0.5, 0.6) is 0 Å². The van der Waals surface area contributed by atoms with E-state index in [2.05, 4.69) is 25.8 Å². The molecule has 0 spiro atoms. The van der Waals surface area contributed by atoms with Gasteiger partial charge in [-0.1, -0.05) is 6.92 Å². The zero-order chi connectivity index (χ0) is 6.15. The molecule has 1 nitrogen and oxygen atoms in total. The van der Waals surface area contributed by atoms with E-state index in [1.165, 1.54) is 5.88 Å². The van der Waals surface area contributed by atoms with Gasteiger partial charge >= 0.3 is 0 Å². The lowest BCUT2D eigenvalue weighted by atomic mass is 10.2. The predicted octanol–water partition coefficient (Wildman–Crippen LogP) is 1.40. The zero-order valence-corrected chi connectivity index (χ0v) is 6.53. The first-order chi connectivity index (χ1) is 3.72. The SMILES string of the molecule is C[C@@H]1SCN(C)[C@@H]1C. The average molecular weight is 131 g/mol. The van der Waals surface area contributed by atoms with Crippen LogP contribution in [0.3, 0.4) is 0 Å².